The fourth-order valence-electron chi connectivity index (χ4n) is 3.75. The number of nitrogens with zero attached hydrogens (tertiary/aromatic N) is 4. The highest BCUT2D eigenvalue weighted by Gasteiger charge is 2.27. The number of hydrogen-bond donors (Lipinski definition) is 2. The maximum absolute atomic E-state index is 13.4. The van der Waals surface area contributed by atoms with E-state index in [9.17, 15) is 9.50 Å². The molecule has 4 rings (SSSR count). The maximum Gasteiger partial charge on any atom is 0.147 e. The van der Waals surface area contributed by atoms with Gasteiger partial charge < -0.3 is 15.0 Å². The lowest BCUT2D eigenvalue weighted by atomic mass is 9.95. The van der Waals surface area contributed by atoms with E-state index in [2.05, 4.69) is 25.0 Å². The Bertz CT molecular complexity index is 710. The van der Waals surface area contributed by atoms with Crippen LogP contribution in [-0.2, 0) is 19.6 Å². The fraction of sp³-hybridized carbons (Fsp3) is 0.529. The second-order valence-corrected chi connectivity index (χ2v) is 6.67. The molecule has 0 amide bonds. The van der Waals surface area contributed by atoms with E-state index in [0.717, 1.165) is 68.8 Å². The van der Waals surface area contributed by atoms with Crippen molar-refractivity contribution in [2.45, 2.75) is 38.4 Å². The van der Waals surface area contributed by atoms with Crippen LogP contribution in [-0.4, -0.2) is 44.4 Å². The van der Waals surface area contributed by atoms with Crippen molar-refractivity contribution in [2.75, 3.05) is 19.6 Å². The van der Waals surface area contributed by atoms with Gasteiger partial charge in [-0.25, -0.2) is 4.39 Å². The zero-order chi connectivity index (χ0) is 16.5. The number of nitrogens with one attached hydrogen (secondary N) is 1. The summed E-state index contributed by atoms with van der Waals surface area (Å²) in [5.41, 5.74) is 0.817. The number of likely N-dealkylation sites (tertiary alicyclic amines) is 1. The average Bonchev–Trinajstić information content (AvgIpc) is 2.99. The Morgan fingerprint density at radius 1 is 1.16 bits per heavy atom. The first-order valence-corrected chi connectivity index (χ1v) is 8.52. The summed E-state index contributed by atoms with van der Waals surface area (Å²) in [5, 5.41) is 21.6. The Labute approximate surface area is 152 Å². The smallest absolute Gasteiger partial charge is 0.147 e. The Morgan fingerprint density at radius 3 is 2.72 bits per heavy atom. The van der Waals surface area contributed by atoms with Crippen LogP contribution >= 0.6 is 12.4 Å². The first-order chi connectivity index (χ1) is 11.7. The normalized spacial score (nSPS) is 18.6. The molecule has 8 heteroatoms. The predicted octanol–water partition coefficient (Wildman–Crippen LogP) is 2.03. The Balaban J connectivity index is 0.00000182. The molecule has 1 aromatic heterocycles. The quantitative estimate of drug-likeness (QED) is 0.869. The molecule has 1 saturated heterocycles. The van der Waals surface area contributed by atoms with E-state index in [1.807, 2.05) is 0 Å². The van der Waals surface area contributed by atoms with Crippen LogP contribution in [0.15, 0.2) is 18.2 Å². The van der Waals surface area contributed by atoms with Gasteiger partial charge in [0.1, 0.15) is 23.2 Å². The topological polar surface area (TPSA) is 66.2 Å². The van der Waals surface area contributed by atoms with E-state index in [1.165, 1.54) is 6.07 Å². The zero-order valence-corrected chi connectivity index (χ0v) is 14.8. The molecule has 0 atom stereocenters. The Morgan fingerprint density at radius 2 is 1.96 bits per heavy atom. The van der Waals surface area contributed by atoms with Gasteiger partial charge >= 0.3 is 0 Å². The molecule has 2 aliphatic heterocycles. The second kappa shape index (κ2) is 7.68. The molecule has 6 nitrogen and oxygen atoms in total. The van der Waals surface area contributed by atoms with Crippen LogP contribution < -0.4 is 5.32 Å². The van der Waals surface area contributed by atoms with Crippen LogP contribution in [0, 0.1) is 5.82 Å². The SMILES string of the molecule is Cl.Oc1cc(F)cc(CN2CCC(c3nnc4n3CCNC4)CC2)c1. The van der Waals surface area contributed by atoms with Crippen LogP contribution in [0.4, 0.5) is 4.39 Å². The van der Waals surface area contributed by atoms with E-state index in [0.29, 0.717) is 12.5 Å². The Kier molecular flexibility index (Phi) is 5.56. The molecular weight excluding hydrogens is 345 g/mol. The molecule has 0 aliphatic carbocycles. The van der Waals surface area contributed by atoms with Crippen LogP contribution in [0.5, 0.6) is 5.75 Å². The number of aromatic hydroxyl groups is 1. The number of fused-ring (bicyclic) bond motifs is 1. The third-order valence-electron chi connectivity index (χ3n) is 4.95. The van der Waals surface area contributed by atoms with E-state index in [4.69, 9.17) is 0 Å². The van der Waals surface area contributed by atoms with E-state index < -0.39 is 0 Å². The molecule has 0 unspecified atom stereocenters. The van der Waals surface area contributed by atoms with Crippen LogP contribution in [0.25, 0.3) is 0 Å². The summed E-state index contributed by atoms with van der Waals surface area (Å²) in [5.74, 6) is 2.21. The number of hydrogen-bond acceptors (Lipinski definition) is 5. The van der Waals surface area contributed by atoms with Gasteiger partial charge in [-0.2, -0.15) is 0 Å². The maximum atomic E-state index is 13.4. The summed E-state index contributed by atoms with van der Waals surface area (Å²) in [6.07, 6.45) is 2.07. The summed E-state index contributed by atoms with van der Waals surface area (Å²) in [7, 11) is 0. The molecule has 1 fully saturated rings. The van der Waals surface area contributed by atoms with Crippen molar-refractivity contribution in [3.8, 4) is 5.75 Å². The van der Waals surface area contributed by atoms with Gasteiger partial charge in [0.05, 0.1) is 6.54 Å². The minimum absolute atomic E-state index is 0. The van der Waals surface area contributed by atoms with E-state index >= 15 is 0 Å². The highest BCUT2D eigenvalue weighted by atomic mass is 35.5. The summed E-state index contributed by atoms with van der Waals surface area (Å²) < 4.78 is 15.7. The van der Waals surface area contributed by atoms with Crippen molar-refractivity contribution < 1.29 is 9.50 Å². The molecule has 0 saturated carbocycles. The molecule has 1 aromatic carbocycles. The lowest BCUT2D eigenvalue weighted by Gasteiger charge is -2.32. The standard InChI is InChI=1S/C17H22FN5O.ClH/c18-14-7-12(8-15(24)9-14)11-22-4-1-13(2-5-22)17-21-20-16-10-19-3-6-23(16)17;/h7-9,13,19,24H,1-6,10-11H2;1H. The lowest BCUT2D eigenvalue weighted by molar-refractivity contribution is 0.199. The molecule has 25 heavy (non-hydrogen) atoms. The Hall–Kier alpha value is -1.70. The van der Waals surface area contributed by atoms with Crippen molar-refractivity contribution in [1.29, 1.82) is 0 Å². The van der Waals surface area contributed by atoms with Gasteiger partial charge in [-0.1, -0.05) is 0 Å². The van der Waals surface area contributed by atoms with Gasteiger partial charge in [0.2, 0.25) is 0 Å². The first-order valence-electron chi connectivity index (χ1n) is 8.52. The zero-order valence-electron chi connectivity index (χ0n) is 14.0. The molecule has 2 aromatic rings. The van der Waals surface area contributed by atoms with Crippen molar-refractivity contribution in [1.82, 2.24) is 25.0 Å². The highest BCUT2D eigenvalue weighted by Crippen LogP contribution is 2.29. The number of rotatable bonds is 3. The molecule has 136 valence electrons. The summed E-state index contributed by atoms with van der Waals surface area (Å²) >= 11 is 0. The van der Waals surface area contributed by atoms with Gasteiger partial charge in [-0.15, -0.1) is 22.6 Å². The number of phenolic OH excluding ortho intramolecular Hbond substituents is 1. The predicted molar refractivity (Wildman–Crippen MR) is 94.3 cm³/mol. The molecule has 0 radical (unpaired) electrons. The molecule has 2 N–H and O–H groups in total. The van der Waals surface area contributed by atoms with Gasteiger partial charge in [-0.3, -0.25) is 4.90 Å². The monoisotopic (exact) mass is 367 g/mol. The minimum atomic E-state index is -0.386. The van der Waals surface area contributed by atoms with Gasteiger partial charge in [-0.05, 0) is 43.6 Å². The second-order valence-electron chi connectivity index (χ2n) is 6.67. The third kappa shape index (κ3) is 3.94. The first kappa shape index (κ1) is 18.1. The average molecular weight is 368 g/mol. The molecular formula is C17H23ClFN5O. The number of piperidine rings is 1. The molecule has 0 spiro atoms. The number of aromatic nitrogens is 3. The number of benzene rings is 1. The summed E-state index contributed by atoms with van der Waals surface area (Å²) in [4.78, 5) is 2.31. The van der Waals surface area contributed by atoms with Crippen LogP contribution in [0.1, 0.15) is 36.0 Å². The summed E-state index contributed by atoms with van der Waals surface area (Å²) in [6.45, 7) is 5.28. The lowest BCUT2D eigenvalue weighted by Crippen LogP contribution is -2.34. The largest absolute Gasteiger partial charge is 0.508 e. The summed E-state index contributed by atoms with van der Waals surface area (Å²) in [6, 6.07) is 4.27. The molecule has 0 bridgehead atoms. The van der Waals surface area contributed by atoms with E-state index in [1.54, 1.807) is 6.07 Å². The fourth-order valence-corrected chi connectivity index (χ4v) is 3.75. The molecule has 3 heterocycles. The van der Waals surface area contributed by atoms with Gasteiger partial charge in [0.15, 0.2) is 0 Å². The van der Waals surface area contributed by atoms with Crippen molar-refractivity contribution in [3.05, 3.63) is 41.2 Å². The third-order valence-corrected chi connectivity index (χ3v) is 4.95. The number of halogens is 2. The van der Waals surface area contributed by atoms with E-state index in [-0.39, 0.29) is 24.0 Å². The molecule has 2 aliphatic rings. The van der Waals surface area contributed by atoms with Crippen LogP contribution in [0.2, 0.25) is 0 Å². The minimum Gasteiger partial charge on any atom is -0.508 e. The van der Waals surface area contributed by atoms with Gasteiger partial charge in [0.25, 0.3) is 0 Å². The highest BCUT2D eigenvalue weighted by molar-refractivity contribution is 5.85. The van der Waals surface area contributed by atoms with Gasteiger partial charge in [0, 0.05) is 31.6 Å². The van der Waals surface area contributed by atoms with Crippen LogP contribution in [0.3, 0.4) is 0 Å². The van der Waals surface area contributed by atoms with Crippen molar-refractivity contribution in [2.24, 2.45) is 0 Å². The van der Waals surface area contributed by atoms with Crippen molar-refractivity contribution >= 4 is 12.4 Å². The number of phenols is 1. The van der Waals surface area contributed by atoms with Crippen molar-refractivity contribution in [3.63, 3.8) is 0 Å².